The molecule has 7 nitrogen and oxygen atoms in total. The number of Topliss-reactive ketones (excluding diaryl/α,β-unsaturated/α-hetero) is 1. The second kappa shape index (κ2) is 9.52. The van der Waals surface area contributed by atoms with Gasteiger partial charge in [0, 0.05) is 43.7 Å². The van der Waals surface area contributed by atoms with Gasteiger partial charge in [-0.25, -0.2) is 9.07 Å². The summed E-state index contributed by atoms with van der Waals surface area (Å²) in [5.74, 6) is -0.863. The predicted molar refractivity (Wildman–Crippen MR) is 125 cm³/mol. The van der Waals surface area contributed by atoms with Gasteiger partial charge in [-0.15, -0.1) is 0 Å². The number of aromatic nitrogens is 2. The largest absolute Gasteiger partial charge is 0.366 e. The van der Waals surface area contributed by atoms with Crippen LogP contribution in [0.25, 0.3) is 10.8 Å². The number of rotatable bonds is 6. The summed E-state index contributed by atoms with van der Waals surface area (Å²) >= 11 is 0. The minimum atomic E-state index is -0.446. The van der Waals surface area contributed by atoms with Gasteiger partial charge in [-0.1, -0.05) is 31.5 Å². The van der Waals surface area contributed by atoms with Crippen molar-refractivity contribution >= 4 is 28.2 Å². The highest BCUT2D eigenvalue weighted by Crippen LogP contribution is 2.23. The maximum Gasteiger partial charge on any atom is 0.275 e. The molecule has 3 aromatic rings. The second-order valence-corrected chi connectivity index (χ2v) is 8.28. The van der Waals surface area contributed by atoms with Crippen molar-refractivity contribution in [3.05, 3.63) is 69.9 Å². The lowest BCUT2D eigenvalue weighted by Crippen LogP contribution is -2.49. The maximum absolute atomic E-state index is 14.6. The zero-order valence-corrected chi connectivity index (χ0v) is 18.9. The van der Waals surface area contributed by atoms with E-state index in [0.29, 0.717) is 54.7 Å². The number of nitrogens with zero attached hydrogens (tertiary/aromatic N) is 4. The molecule has 1 aliphatic heterocycles. The summed E-state index contributed by atoms with van der Waals surface area (Å²) in [6.45, 7) is 5.61. The van der Waals surface area contributed by atoms with Crippen molar-refractivity contribution < 1.29 is 14.0 Å². The molecule has 2 aromatic carbocycles. The number of unbranched alkanes of at least 4 members (excludes halogenated alkanes) is 1. The van der Waals surface area contributed by atoms with E-state index < -0.39 is 5.82 Å². The number of hydrogen-bond acceptors (Lipinski definition) is 5. The number of benzene rings is 2. The van der Waals surface area contributed by atoms with Crippen LogP contribution in [0.15, 0.2) is 47.3 Å². The van der Waals surface area contributed by atoms with E-state index in [1.807, 2.05) is 11.8 Å². The number of carbonyl (C=O) groups excluding carboxylic acids is 2. The Labute approximate surface area is 191 Å². The van der Waals surface area contributed by atoms with Crippen LogP contribution in [0, 0.1) is 5.82 Å². The van der Waals surface area contributed by atoms with Crippen LogP contribution in [0.4, 0.5) is 10.1 Å². The molecule has 8 heteroatoms. The first kappa shape index (κ1) is 22.6. The van der Waals surface area contributed by atoms with Gasteiger partial charge in [0.05, 0.1) is 11.1 Å². The summed E-state index contributed by atoms with van der Waals surface area (Å²) in [4.78, 5) is 41.2. The third-order valence-electron chi connectivity index (χ3n) is 6.06. The molecule has 0 bridgehead atoms. The molecule has 1 saturated heterocycles. The molecule has 0 aliphatic carbocycles. The molecule has 1 aromatic heterocycles. The molecule has 1 fully saturated rings. The minimum absolute atomic E-state index is 0.184. The molecule has 1 aliphatic rings. The van der Waals surface area contributed by atoms with Crippen LogP contribution in [-0.2, 0) is 6.54 Å². The van der Waals surface area contributed by atoms with Crippen LogP contribution >= 0.6 is 0 Å². The molecular formula is C25H27FN4O3. The Morgan fingerprint density at radius 3 is 2.36 bits per heavy atom. The Morgan fingerprint density at radius 1 is 1.03 bits per heavy atom. The highest BCUT2D eigenvalue weighted by Gasteiger charge is 2.27. The molecule has 4 rings (SSSR count). The fraction of sp³-hybridized carbons (Fsp3) is 0.360. The average molecular weight is 451 g/mol. The molecule has 0 N–H and O–H groups in total. The quantitative estimate of drug-likeness (QED) is 0.538. The van der Waals surface area contributed by atoms with E-state index in [9.17, 15) is 18.8 Å². The van der Waals surface area contributed by atoms with E-state index in [1.165, 1.54) is 17.7 Å². The van der Waals surface area contributed by atoms with Gasteiger partial charge in [-0.2, -0.15) is 5.10 Å². The summed E-state index contributed by atoms with van der Waals surface area (Å²) in [6, 6.07) is 11.5. The van der Waals surface area contributed by atoms with Gasteiger partial charge in [-0.05, 0) is 37.6 Å². The van der Waals surface area contributed by atoms with Crippen molar-refractivity contribution in [1.82, 2.24) is 14.7 Å². The smallest absolute Gasteiger partial charge is 0.275 e. The van der Waals surface area contributed by atoms with Crippen LogP contribution in [-0.4, -0.2) is 52.5 Å². The lowest BCUT2D eigenvalue weighted by Gasteiger charge is -2.36. The zero-order chi connectivity index (χ0) is 23.5. The van der Waals surface area contributed by atoms with E-state index in [4.69, 9.17) is 0 Å². The first-order valence-electron chi connectivity index (χ1n) is 11.2. The highest BCUT2D eigenvalue weighted by molar-refractivity contribution is 6.04. The van der Waals surface area contributed by atoms with Gasteiger partial charge < -0.3 is 9.80 Å². The summed E-state index contributed by atoms with van der Waals surface area (Å²) in [7, 11) is 0. The molecule has 0 unspecified atom stereocenters. The molecule has 0 radical (unpaired) electrons. The number of anilines is 1. The lowest BCUT2D eigenvalue weighted by molar-refractivity contribution is 0.0740. The molecule has 33 heavy (non-hydrogen) atoms. The van der Waals surface area contributed by atoms with E-state index in [2.05, 4.69) is 5.10 Å². The minimum Gasteiger partial charge on any atom is -0.366 e. The SMILES string of the molecule is CCCCn1nc(C(=O)N2CCN(c3ccc(C(C)=O)cc3F)CC2)c2ccccc2c1=O. The highest BCUT2D eigenvalue weighted by atomic mass is 19.1. The first-order chi connectivity index (χ1) is 15.9. The fourth-order valence-corrected chi connectivity index (χ4v) is 4.14. The first-order valence-corrected chi connectivity index (χ1v) is 11.2. The van der Waals surface area contributed by atoms with Gasteiger partial charge >= 0.3 is 0 Å². The van der Waals surface area contributed by atoms with Crippen molar-refractivity contribution in [2.75, 3.05) is 31.1 Å². The van der Waals surface area contributed by atoms with Gasteiger partial charge in [0.15, 0.2) is 11.5 Å². The van der Waals surface area contributed by atoms with E-state index in [-0.39, 0.29) is 22.9 Å². The third-order valence-corrected chi connectivity index (χ3v) is 6.06. The number of carbonyl (C=O) groups is 2. The summed E-state index contributed by atoms with van der Waals surface area (Å²) in [5.41, 5.74) is 0.835. The second-order valence-electron chi connectivity index (χ2n) is 8.28. The molecule has 0 atom stereocenters. The zero-order valence-electron chi connectivity index (χ0n) is 18.9. The Balaban J connectivity index is 1.56. The average Bonchev–Trinajstić information content (AvgIpc) is 2.83. The molecular weight excluding hydrogens is 423 g/mol. The number of fused-ring (bicyclic) bond motifs is 1. The van der Waals surface area contributed by atoms with E-state index in [0.717, 1.165) is 12.8 Å². The summed E-state index contributed by atoms with van der Waals surface area (Å²) in [6.07, 6.45) is 1.71. The number of halogens is 1. The topological polar surface area (TPSA) is 75.5 Å². The maximum atomic E-state index is 14.6. The normalized spacial score (nSPS) is 14.0. The fourth-order valence-electron chi connectivity index (χ4n) is 4.14. The Hall–Kier alpha value is -3.55. The predicted octanol–water partition coefficient (Wildman–Crippen LogP) is 3.50. The monoisotopic (exact) mass is 450 g/mol. The number of ketones is 1. The van der Waals surface area contributed by atoms with Crippen molar-refractivity contribution in [3.8, 4) is 0 Å². The number of amides is 1. The van der Waals surface area contributed by atoms with Gasteiger partial charge in [0.1, 0.15) is 5.82 Å². The molecule has 172 valence electrons. The Bertz CT molecular complexity index is 1260. The molecule has 1 amide bonds. The van der Waals surface area contributed by atoms with E-state index >= 15 is 0 Å². The number of aryl methyl sites for hydroxylation is 1. The van der Waals surface area contributed by atoms with Gasteiger partial charge in [0.2, 0.25) is 0 Å². The van der Waals surface area contributed by atoms with Crippen LogP contribution in [0.5, 0.6) is 0 Å². The standard InChI is InChI=1S/C25H27FN4O3/c1-3-4-11-30-24(32)20-8-6-5-7-19(20)23(27-30)25(33)29-14-12-28(13-15-29)22-10-9-18(17(2)31)16-21(22)26/h5-10,16H,3-4,11-15H2,1-2H3. The summed E-state index contributed by atoms with van der Waals surface area (Å²) in [5, 5.41) is 5.47. The van der Waals surface area contributed by atoms with Crippen molar-refractivity contribution in [2.24, 2.45) is 0 Å². The summed E-state index contributed by atoms with van der Waals surface area (Å²) < 4.78 is 15.9. The van der Waals surface area contributed by atoms with Crippen molar-refractivity contribution in [2.45, 2.75) is 33.2 Å². The van der Waals surface area contributed by atoms with Crippen LogP contribution < -0.4 is 10.5 Å². The van der Waals surface area contributed by atoms with Crippen molar-refractivity contribution in [1.29, 1.82) is 0 Å². The molecule has 0 saturated carbocycles. The van der Waals surface area contributed by atoms with Crippen LogP contribution in [0.3, 0.4) is 0 Å². The van der Waals surface area contributed by atoms with Gasteiger partial charge in [0.25, 0.3) is 11.5 Å². The van der Waals surface area contributed by atoms with E-state index in [1.54, 1.807) is 41.3 Å². The molecule has 0 spiro atoms. The lowest BCUT2D eigenvalue weighted by atomic mass is 10.1. The number of piperazine rings is 1. The Kier molecular flexibility index (Phi) is 6.53. The van der Waals surface area contributed by atoms with Crippen LogP contribution in [0.2, 0.25) is 0 Å². The molecule has 2 heterocycles. The third kappa shape index (κ3) is 4.51. The Morgan fingerprint density at radius 2 is 1.73 bits per heavy atom. The van der Waals surface area contributed by atoms with Crippen LogP contribution in [0.1, 0.15) is 47.5 Å². The number of hydrogen-bond donors (Lipinski definition) is 0. The van der Waals surface area contributed by atoms with Crippen molar-refractivity contribution in [3.63, 3.8) is 0 Å². The van der Waals surface area contributed by atoms with Gasteiger partial charge in [-0.3, -0.25) is 14.4 Å².